The van der Waals surface area contributed by atoms with Gasteiger partial charge >= 0.3 is 5.97 Å². The molecule has 12 heteroatoms. The standard InChI is InChI=1S/C16H26O12/c1-6(2)14(24)26-13-10(21)8(4-18)27-16(13,5-19)28-15-12(23)11(22)9(20)7(3-17)25-15/h7-13,15,17-23H,1,3-5H2,2H3/t7-,8-,9-,10-,11+,12-,13+,15-,16+/m1/s1. The second-order valence-corrected chi connectivity index (χ2v) is 6.72. The normalized spacial score (nSPS) is 43.7. The fraction of sp³-hybridized carbons (Fsp3) is 0.812. The number of carbonyl (C=O) groups excluding carboxylic acids is 1. The predicted octanol–water partition coefficient (Wildman–Crippen LogP) is -4.27. The summed E-state index contributed by atoms with van der Waals surface area (Å²) in [6.45, 7) is 2.28. The summed E-state index contributed by atoms with van der Waals surface area (Å²) in [4.78, 5) is 11.9. The quantitative estimate of drug-likeness (QED) is 0.158. The van der Waals surface area contributed by atoms with Crippen LogP contribution in [0, 0.1) is 0 Å². The molecule has 162 valence electrons. The summed E-state index contributed by atoms with van der Waals surface area (Å²) in [6.07, 6.45) is -12.9. The number of hydrogen-bond acceptors (Lipinski definition) is 12. The number of esters is 1. The molecular weight excluding hydrogens is 384 g/mol. The second kappa shape index (κ2) is 9.09. The molecule has 0 radical (unpaired) electrons. The van der Waals surface area contributed by atoms with Gasteiger partial charge in [0.2, 0.25) is 5.79 Å². The van der Waals surface area contributed by atoms with Crippen LogP contribution in [0.25, 0.3) is 0 Å². The highest BCUT2D eigenvalue weighted by molar-refractivity contribution is 5.87. The molecule has 9 atom stereocenters. The van der Waals surface area contributed by atoms with Crippen molar-refractivity contribution in [3.63, 3.8) is 0 Å². The molecule has 2 heterocycles. The molecule has 0 aromatic rings. The third-order valence-electron chi connectivity index (χ3n) is 4.62. The van der Waals surface area contributed by atoms with E-state index in [1.165, 1.54) is 6.92 Å². The van der Waals surface area contributed by atoms with E-state index >= 15 is 0 Å². The lowest BCUT2D eigenvalue weighted by atomic mass is 9.99. The van der Waals surface area contributed by atoms with Crippen LogP contribution < -0.4 is 0 Å². The van der Waals surface area contributed by atoms with Crippen LogP contribution in [0.5, 0.6) is 0 Å². The maximum atomic E-state index is 11.9. The average Bonchev–Trinajstić information content (AvgIpc) is 2.94. The van der Waals surface area contributed by atoms with Gasteiger partial charge in [0.1, 0.15) is 43.2 Å². The molecule has 12 nitrogen and oxygen atoms in total. The van der Waals surface area contributed by atoms with Crippen molar-refractivity contribution in [2.45, 2.75) is 61.7 Å². The van der Waals surface area contributed by atoms with Crippen molar-refractivity contribution in [3.8, 4) is 0 Å². The molecular formula is C16H26O12. The Bertz CT molecular complexity index is 568. The molecule has 0 unspecified atom stereocenters. The van der Waals surface area contributed by atoms with Gasteiger partial charge in [0.15, 0.2) is 12.4 Å². The van der Waals surface area contributed by atoms with Crippen molar-refractivity contribution in [3.05, 3.63) is 12.2 Å². The van der Waals surface area contributed by atoms with E-state index in [9.17, 15) is 40.5 Å². The van der Waals surface area contributed by atoms with Gasteiger partial charge in [-0.3, -0.25) is 0 Å². The van der Waals surface area contributed by atoms with Crippen LogP contribution in [0.1, 0.15) is 6.92 Å². The summed E-state index contributed by atoms with van der Waals surface area (Å²) in [7, 11) is 0. The number of hydrogen-bond donors (Lipinski definition) is 7. The lowest BCUT2D eigenvalue weighted by molar-refractivity contribution is -0.383. The van der Waals surface area contributed by atoms with E-state index in [4.69, 9.17) is 18.9 Å². The third kappa shape index (κ3) is 4.21. The van der Waals surface area contributed by atoms with Crippen LogP contribution >= 0.6 is 0 Å². The van der Waals surface area contributed by atoms with Gasteiger partial charge in [0.05, 0.1) is 13.2 Å². The van der Waals surface area contributed by atoms with Gasteiger partial charge in [-0.1, -0.05) is 6.58 Å². The molecule has 0 amide bonds. The maximum absolute atomic E-state index is 11.9. The van der Waals surface area contributed by atoms with E-state index in [1.807, 2.05) is 0 Å². The molecule has 0 spiro atoms. The number of rotatable bonds is 7. The maximum Gasteiger partial charge on any atom is 0.333 e. The van der Waals surface area contributed by atoms with Crippen LogP contribution in [-0.4, -0.2) is 116 Å². The van der Waals surface area contributed by atoms with Gasteiger partial charge in [-0.15, -0.1) is 0 Å². The van der Waals surface area contributed by atoms with Crippen molar-refractivity contribution >= 4 is 5.97 Å². The molecule has 0 saturated carbocycles. The zero-order valence-corrected chi connectivity index (χ0v) is 15.1. The Labute approximate surface area is 160 Å². The van der Waals surface area contributed by atoms with Crippen molar-refractivity contribution in [2.24, 2.45) is 0 Å². The van der Waals surface area contributed by atoms with Crippen LogP contribution in [0.2, 0.25) is 0 Å². The number of aliphatic hydroxyl groups excluding tert-OH is 7. The van der Waals surface area contributed by atoms with Gasteiger partial charge < -0.3 is 54.7 Å². The summed E-state index contributed by atoms with van der Waals surface area (Å²) >= 11 is 0. The Morgan fingerprint density at radius 1 is 1.00 bits per heavy atom. The van der Waals surface area contributed by atoms with E-state index in [0.29, 0.717) is 0 Å². The fourth-order valence-corrected chi connectivity index (χ4v) is 2.99. The summed E-state index contributed by atoms with van der Waals surface area (Å²) in [5.74, 6) is -3.23. The van der Waals surface area contributed by atoms with Crippen molar-refractivity contribution < 1.29 is 59.5 Å². The number of carbonyl (C=O) groups is 1. The molecule has 2 fully saturated rings. The van der Waals surface area contributed by atoms with Gasteiger partial charge in [-0.25, -0.2) is 4.79 Å². The van der Waals surface area contributed by atoms with Crippen LogP contribution in [0.4, 0.5) is 0 Å². The predicted molar refractivity (Wildman–Crippen MR) is 87.3 cm³/mol. The zero-order chi connectivity index (χ0) is 21.2. The largest absolute Gasteiger partial charge is 0.450 e. The van der Waals surface area contributed by atoms with Crippen LogP contribution in [0.3, 0.4) is 0 Å². The number of ether oxygens (including phenoxy) is 4. The molecule has 0 aliphatic carbocycles. The summed E-state index contributed by atoms with van der Waals surface area (Å²) in [6, 6.07) is 0. The van der Waals surface area contributed by atoms with E-state index in [2.05, 4.69) is 6.58 Å². The van der Waals surface area contributed by atoms with Crippen LogP contribution in [-0.2, 0) is 23.7 Å². The smallest absolute Gasteiger partial charge is 0.333 e. The molecule has 2 aliphatic heterocycles. The monoisotopic (exact) mass is 410 g/mol. The molecule has 0 aromatic heterocycles. The van der Waals surface area contributed by atoms with Gasteiger partial charge in [0.25, 0.3) is 0 Å². The van der Waals surface area contributed by atoms with Gasteiger partial charge in [0, 0.05) is 5.57 Å². The highest BCUT2D eigenvalue weighted by Crippen LogP contribution is 2.38. The van der Waals surface area contributed by atoms with Gasteiger partial charge in [-0.05, 0) is 6.92 Å². The second-order valence-electron chi connectivity index (χ2n) is 6.72. The first kappa shape index (κ1) is 23.1. The van der Waals surface area contributed by atoms with E-state index in [1.54, 1.807) is 0 Å². The first-order valence-electron chi connectivity index (χ1n) is 8.54. The molecule has 2 saturated heterocycles. The third-order valence-corrected chi connectivity index (χ3v) is 4.62. The first-order chi connectivity index (χ1) is 13.1. The Hall–Kier alpha value is -1.19. The van der Waals surface area contributed by atoms with Crippen molar-refractivity contribution in [2.75, 3.05) is 19.8 Å². The molecule has 2 aliphatic rings. The topological polar surface area (TPSA) is 196 Å². The van der Waals surface area contributed by atoms with Crippen molar-refractivity contribution in [1.29, 1.82) is 0 Å². The van der Waals surface area contributed by atoms with Crippen molar-refractivity contribution in [1.82, 2.24) is 0 Å². The molecule has 28 heavy (non-hydrogen) atoms. The minimum Gasteiger partial charge on any atom is -0.450 e. The minimum atomic E-state index is -2.29. The Kier molecular flexibility index (Phi) is 7.50. The molecule has 0 bridgehead atoms. The highest BCUT2D eigenvalue weighted by Gasteiger charge is 2.60. The Morgan fingerprint density at radius 2 is 1.61 bits per heavy atom. The zero-order valence-electron chi connectivity index (χ0n) is 15.1. The highest BCUT2D eigenvalue weighted by atomic mass is 16.8. The fourth-order valence-electron chi connectivity index (χ4n) is 2.99. The van der Waals surface area contributed by atoms with E-state index < -0.39 is 80.6 Å². The Balaban J connectivity index is 2.31. The summed E-state index contributed by atoms with van der Waals surface area (Å²) in [5, 5.41) is 68.6. The molecule has 0 aromatic carbocycles. The van der Waals surface area contributed by atoms with Gasteiger partial charge in [-0.2, -0.15) is 0 Å². The number of aliphatic hydroxyl groups is 7. The average molecular weight is 410 g/mol. The van der Waals surface area contributed by atoms with E-state index in [0.717, 1.165) is 0 Å². The first-order valence-corrected chi connectivity index (χ1v) is 8.54. The minimum absolute atomic E-state index is 0.0284. The summed E-state index contributed by atoms with van der Waals surface area (Å²) in [5.41, 5.74) is -0.0284. The molecule has 7 N–H and O–H groups in total. The SMILES string of the molecule is C=C(C)C(=O)O[C@H]1[C@H](O)[C@@H](CO)O[C@@]1(CO)O[C@H]1O[C@H](CO)[C@@H](O)[C@H](O)[C@H]1O. The molecule has 2 rings (SSSR count). The summed E-state index contributed by atoms with van der Waals surface area (Å²) < 4.78 is 21.1. The lowest BCUT2D eigenvalue weighted by Crippen LogP contribution is -2.63. The lowest BCUT2D eigenvalue weighted by Gasteiger charge is -2.43. The Morgan fingerprint density at radius 3 is 2.11 bits per heavy atom. The van der Waals surface area contributed by atoms with E-state index in [-0.39, 0.29) is 5.57 Å². The van der Waals surface area contributed by atoms with Crippen LogP contribution in [0.15, 0.2) is 12.2 Å².